The van der Waals surface area contributed by atoms with Crippen molar-refractivity contribution in [3.63, 3.8) is 0 Å². The Balaban J connectivity index is 1.36. The lowest BCUT2D eigenvalue weighted by atomic mass is 9.37. The number of benzene rings is 6. The molecule has 3 heterocycles. The van der Waals surface area contributed by atoms with Crippen molar-refractivity contribution in [2.45, 2.75) is 0 Å². The van der Waals surface area contributed by atoms with Crippen molar-refractivity contribution in [2.24, 2.45) is 0 Å². The van der Waals surface area contributed by atoms with Gasteiger partial charge in [0.25, 0.3) is 0 Å². The zero-order chi connectivity index (χ0) is 25.5. The monoisotopic (exact) mass is 495 g/mol. The summed E-state index contributed by atoms with van der Waals surface area (Å²) in [6, 6.07) is 48.3. The normalized spacial score (nSPS) is 13.0. The van der Waals surface area contributed by atoms with Crippen LogP contribution in [0.5, 0.6) is 0 Å². The van der Waals surface area contributed by atoms with Gasteiger partial charge in [0.2, 0.25) is 6.71 Å². The maximum absolute atomic E-state index is 6.14. The lowest BCUT2D eigenvalue weighted by Gasteiger charge is -2.36. The minimum atomic E-state index is 0.233. The first kappa shape index (κ1) is 21.0. The van der Waals surface area contributed by atoms with E-state index in [1.165, 1.54) is 55.7 Å². The number of nitrogens with zero attached hydrogens (tertiary/aromatic N) is 1. The third-order valence-electron chi connectivity index (χ3n) is 8.46. The van der Waals surface area contributed by atoms with Gasteiger partial charge < -0.3 is 9.32 Å². The Labute approximate surface area is 226 Å². The maximum Gasteiger partial charge on any atom is 0.248 e. The highest BCUT2D eigenvalue weighted by molar-refractivity contribution is 7.01. The minimum absolute atomic E-state index is 0.233. The molecular formula is C36H22BNO. The maximum atomic E-state index is 6.14. The Morgan fingerprint density at radius 3 is 2.15 bits per heavy atom. The van der Waals surface area contributed by atoms with E-state index < -0.39 is 0 Å². The van der Waals surface area contributed by atoms with E-state index in [9.17, 15) is 0 Å². The summed E-state index contributed by atoms with van der Waals surface area (Å²) in [5, 5.41) is 2.31. The second kappa shape index (κ2) is 7.75. The zero-order valence-corrected chi connectivity index (χ0v) is 21.1. The van der Waals surface area contributed by atoms with Crippen molar-refractivity contribution in [2.75, 3.05) is 4.90 Å². The molecule has 0 unspecified atom stereocenters. The van der Waals surface area contributed by atoms with Gasteiger partial charge in [-0.3, -0.25) is 0 Å². The second-order valence-electron chi connectivity index (χ2n) is 10.5. The fraction of sp³-hybridized carbons (Fsp3) is 0. The van der Waals surface area contributed by atoms with Gasteiger partial charge in [-0.1, -0.05) is 90.4 Å². The number of hydrogen-bond acceptors (Lipinski definition) is 2. The minimum Gasteiger partial charge on any atom is -0.456 e. The molecule has 9 rings (SSSR count). The molecule has 6 aromatic carbocycles. The van der Waals surface area contributed by atoms with Gasteiger partial charge in [-0.15, -0.1) is 0 Å². The summed E-state index contributed by atoms with van der Waals surface area (Å²) in [7, 11) is 0. The van der Waals surface area contributed by atoms with Crippen molar-refractivity contribution in [3.05, 3.63) is 133 Å². The van der Waals surface area contributed by atoms with Crippen LogP contribution in [0.15, 0.2) is 138 Å². The van der Waals surface area contributed by atoms with Gasteiger partial charge in [-0.25, -0.2) is 0 Å². The first-order chi connectivity index (χ1) is 19.3. The molecule has 0 atom stereocenters. The Bertz CT molecular complexity index is 2090. The van der Waals surface area contributed by atoms with Gasteiger partial charge in [0, 0.05) is 27.8 Å². The lowest BCUT2D eigenvalue weighted by Crippen LogP contribution is -2.54. The van der Waals surface area contributed by atoms with E-state index in [2.05, 4.69) is 126 Å². The fourth-order valence-corrected chi connectivity index (χ4v) is 6.81. The smallest absolute Gasteiger partial charge is 0.248 e. The quantitative estimate of drug-likeness (QED) is 0.231. The van der Waals surface area contributed by atoms with Crippen molar-refractivity contribution >= 4 is 62.1 Å². The number of para-hydroxylation sites is 3. The van der Waals surface area contributed by atoms with Crippen LogP contribution in [-0.4, -0.2) is 6.71 Å². The van der Waals surface area contributed by atoms with Crippen molar-refractivity contribution in [1.82, 2.24) is 0 Å². The average molecular weight is 495 g/mol. The van der Waals surface area contributed by atoms with Gasteiger partial charge in [0.15, 0.2) is 0 Å². The third-order valence-corrected chi connectivity index (χ3v) is 8.46. The molecular weight excluding hydrogens is 473 g/mol. The lowest BCUT2D eigenvalue weighted by molar-refractivity contribution is 0.669. The van der Waals surface area contributed by atoms with Crippen molar-refractivity contribution < 1.29 is 4.42 Å². The van der Waals surface area contributed by atoms with E-state index in [-0.39, 0.29) is 6.71 Å². The molecule has 0 saturated carbocycles. The van der Waals surface area contributed by atoms with E-state index in [4.69, 9.17) is 4.42 Å². The van der Waals surface area contributed by atoms with Gasteiger partial charge in [0.1, 0.15) is 11.2 Å². The summed E-state index contributed by atoms with van der Waals surface area (Å²) in [5.41, 5.74) is 14.8. The van der Waals surface area contributed by atoms with Crippen molar-refractivity contribution in [1.29, 1.82) is 0 Å². The van der Waals surface area contributed by atoms with Crippen LogP contribution in [0.25, 0.3) is 44.2 Å². The number of anilines is 3. The Morgan fingerprint density at radius 1 is 0.487 bits per heavy atom. The molecule has 180 valence electrons. The first-order valence-corrected chi connectivity index (χ1v) is 13.5. The molecule has 1 aromatic heterocycles. The highest BCUT2D eigenvalue weighted by Crippen LogP contribution is 2.43. The summed E-state index contributed by atoms with van der Waals surface area (Å²) in [6.45, 7) is 0.233. The molecule has 0 N–H and O–H groups in total. The van der Waals surface area contributed by atoms with Crippen LogP contribution >= 0.6 is 0 Å². The van der Waals surface area contributed by atoms with E-state index in [1.807, 2.05) is 12.1 Å². The summed E-state index contributed by atoms with van der Waals surface area (Å²) in [5.74, 6) is 0. The first-order valence-electron chi connectivity index (χ1n) is 13.5. The van der Waals surface area contributed by atoms with E-state index >= 15 is 0 Å². The molecule has 0 amide bonds. The molecule has 0 radical (unpaired) electrons. The topological polar surface area (TPSA) is 16.4 Å². The Kier molecular flexibility index (Phi) is 4.17. The van der Waals surface area contributed by atoms with E-state index in [1.54, 1.807) is 0 Å². The standard InChI is InChI=1S/C36H22BNO/c1-2-10-25(11-3-1)38-32-16-8-7-15-31(32)37-30-14-6-4-12-26(30)29-21-24(22-33(38)36(29)37)23-18-19-35-28(20-23)27-13-5-9-17-34(27)39-35/h1-22H. The highest BCUT2D eigenvalue weighted by atomic mass is 16.3. The molecule has 2 aliphatic rings. The molecule has 0 fully saturated rings. The van der Waals surface area contributed by atoms with Crippen LogP contribution < -0.4 is 21.3 Å². The van der Waals surface area contributed by atoms with E-state index in [0.29, 0.717) is 0 Å². The summed E-state index contributed by atoms with van der Waals surface area (Å²) < 4.78 is 6.14. The number of hydrogen-bond donors (Lipinski definition) is 0. The van der Waals surface area contributed by atoms with Crippen LogP contribution in [-0.2, 0) is 0 Å². The predicted octanol–water partition coefficient (Wildman–Crippen LogP) is 7.53. The van der Waals surface area contributed by atoms with Gasteiger partial charge in [-0.05, 0) is 81.7 Å². The predicted molar refractivity (Wildman–Crippen MR) is 164 cm³/mol. The molecule has 7 aromatic rings. The van der Waals surface area contributed by atoms with Crippen LogP contribution in [0, 0.1) is 0 Å². The molecule has 0 spiro atoms. The van der Waals surface area contributed by atoms with Crippen LogP contribution in [0.4, 0.5) is 17.1 Å². The number of rotatable bonds is 2. The summed E-state index contributed by atoms with van der Waals surface area (Å²) in [6.07, 6.45) is 0. The van der Waals surface area contributed by atoms with Gasteiger partial charge in [0.05, 0.1) is 0 Å². The molecule has 0 saturated heterocycles. The van der Waals surface area contributed by atoms with Gasteiger partial charge >= 0.3 is 0 Å². The third kappa shape index (κ3) is 2.87. The summed E-state index contributed by atoms with van der Waals surface area (Å²) >= 11 is 0. The Morgan fingerprint density at radius 2 is 1.23 bits per heavy atom. The fourth-order valence-electron chi connectivity index (χ4n) is 6.81. The van der Waals surface area contributed by atoms with Crippen LogP contribution in [0.1, 0.15) is 0 Å². The Hall–Kier alpha value is -5.02. The molecule has 39 heavy (non-hydrogen) atoms. The molecule has 2 aliphatic heterocycles. The second-order valence-corrected chi connectivity index (χ2v) is 10.5. The molecule has 3 heteroatoms. The molecule has 0 aliphatic carbocycles. The zero-order valence-electron chi connectivity index (χ0n) is 21.1. The SMILES string of the molecule is c1ccc(N2c3ccccc3B3c4ccccc4-c4cc(-c5ccc6oc7ccccc7c6c5)cc2c43)cc1. The molecule has 2 nitrogen and oxygen atoms in total. The molecule has 0 bridgehead atoms. The number of furan rings is 1. The van der Waals surface area contributed by atoms with Crippen LogP contribution in [0.2, 0.25) is 0 Å². The summed E-state index contributed by atoms with van der Waals surface area (Å²) in [4.78, 5) is 2.45. The highest BCUT2D eigenvalue weighted by Gasteiger charge is 2.42. The average Bonchev–Trinajstić information content (AvgIpc) is 3.54. The van der Waals surface area contributed by atoms with Gasteiger partial charge in [-0.2, -0.15) is 0 Å². The van der Waals surface area contributed by atoms with Crippen molar-refractivity contribution in [3.8, 4) is 22.3 Å². The van der Waals surface area contributed by atoms with E-state index in [0.717, 1.165) is 21.9 Å². The van der Waals surface area contributed by atoms with Crippen LogP contribution in [0.3, 0.4) is 0 Å². The number of fused-ring (bicyclic) bond motifs is 8. The largest absolute Gasteiger partial charge is 0.456 e.